The first-order valence-electron chi connectivity index (χ1n) is 10.1. The highest BCUT2D eigenvalue weighted by molar-refractivity contribution is 7.89. The highest BCUT2D eigenvalue weighted by atomic mass is 32.2. The molecule has 164 valence electrons. The topological polar surface area (TPSA) is 86.8 Å². The Bertz CT molecular complexity index is 1090. The van der Waals surface area contributed by atoms with Crippen LogP contribution in [-0.4, -0.2) is 54.1 Å². The molecule has 1 N–H and O–H groups in total. The number of hydrogen-bond acceptors (Lipinski definition) is 4. The van der Waals surface area contributed by atoms with Gasteiger partial charge in [-0.25, -0.2) is 12.8 Å². The molecule has 1 aliphatic carbocycles. The molecule has 2 aliphatic rings. The molecular formula is C22H24FN3O4S. The van der Waals surface area contributed by atoms with E-state index in [1.54, 1.807) is 42.2 Å². The van der Waals surface area contributed by atoms with E-state index in [1.807, 2.05) is 0 Å². The number of nitrogens with one attached hydrogen (secondary N) is 1. The van der Waals surface area contributed by atoms with Crippen molar-refractivity contribution >= 4 is 21.8 Å². The van der Waals surface area contributed by atoms with E-state index in [9.17, 15) is 22.4 Å². The second-order valence-corrected chi connectivity index (χ2v) is 10.1. The van der Waals surface area contributed by atoms with Crippen LogP contribution in [0.1, 0.15) is 25.3 Å². The van der Waals surface area contributed by atoms with Crippen molar-refractivity contribution in [3.63, 3.8) is 0 Å². The van der Waals surface area contributed by atoms with Crippen LogP contribution in [0.3, 0.4) is 0 Å². The van der Waals surface area contributed by atoms with Gasteiger partial charge in [-0.1, -0.05) is 30.3 Å². The van der Waals surface area contributed by atoms with Crippen molar-refractivity contribution in [1.82, 2.24) is 14.5 Å². The normalized spacial score (nSPS) is 22.4. The monoisotopic (exact) mass is 445 g/mol. The molecule has 0 bridgehead atoms. The summed E-state index contributed by atoms with van der Waals surface area (Å²) in [5, 5.41) is 2.80. The van der Waals surface area contributed by atoms with E-state index in [4.69, 9.17) is 0 Å². The van der Waals surface area contributed by atoms with Gasteiger partial charge in [-0.15, -0.1) is 0 Å². The van der Waals surface area contributed by atoms with Crippen LogP contribution in [0.5, 0.6) is 0 Å². The maximum absolute atomic E-state index is 13.3. The molecule has 0 radical (unpaired) electrons. The number of amides is 2. The first-order chi connectivity index (χ1) is 14.7. The fourth-order valence-electron chi connectivity index (χ4n) is 3.98. The van der Waals surface area contributed by atoms with E-state index in [2.05, 4.69) is 5.32 Å². The molecule has 9 heteroatoms. The number of benzene rings is 2. The molecule has 4 rings (SSSR count). The van der Waals surface area contributed by atoms with Crippen LogP contribution in [0.4, 0.5) is 4.39 Å². The summed E-state index contributed by atoms with van der Waals surface area (Å²) in [6, 6.07) is 13.6. The van der Waals surface area contributed by atoms with Gasteiger partial charge in [-0.3, -0.25) is 9.59 Å². The summed E-state index contributed by atoms with van der Waals surface area (Å²) >= 11 is 0. The number of sulfonamides is 1. The SMILES string of the molecule is C[C@@]1(C(=O)NCc2ccc(F)cc2)CN(S(=O)(=O)c2ccccc2)CC(=O)N1C1CC1. The highest BCUT2D eigenvalue weighted by Gasteiger charge is 2.54. The third kappa shape index (κ3) is 4.20. The van der Waals surface area contributed by atoms with Gasteiger partial charge >= 0.3 is 0 Å². The fourth-order valence-corrected chi connectivity index (χ4v) is 5.49. The predicted octanol–water partition coefficient (Wildman–Crippen LogP) is 1.90. The number of carbonyl (C=O) groups excluding carboxylic acids is 2. The standard InChI is InChI=1S/C22H24FN3O4S/c1-22(21(28)24-13-16-7-9-17(23)10-8-16)15-25(14-20(27)26(22)18-11-12-18)31(29,30)19-5-3-2-4-6-19/h2-10,18H,11-15H2,1H3,(H,24,28)/t22-/m0/s1. The van der Waals surface area contributed by atoms with Crippen molar-refractivity contribution in [2.75, 3.05) is 13.1 Å². The molecule has 7 nitrogen and oxygen atoms in total. The zero-order valence-corrected chi connectivity index (χ0v) is 17.9. The Hall–Kier alpha value is -2.78. The largest absolute Gasteiger partial charge is 0.350 e. The van der Waals surface area contributed by atoms with Gasteiger partial charge in [0.25, 0.3) is 0 Å². The van der Waals surface area contributed by atoms with Crippen molar-refractivity contribution < 1.29 is 22.4 Å². The van der Waals surface area contributed by atoms with Gasteiger partial charge in [0.15, 0.2) is 0 Å². The Morgan fingerprint density at radius 1 is 1.13 bits per heavy atom. The molecule has 2 amide bonds. The van der Waals surface area contributed by atoms with E-state index in [-0.39, 0.29) is 42.3 Å². The van der Waals surface area contributed by atoms with E-state index in [0.29, 0.717) is 5.56 Å². The smallest absolute Gasteiger partial charge is 0.247 e. The maximum atomic E-state index is 13.3. The van der Waals surface area contributed by atoms with Gasteiger partial charge in [0.1, 0.15) is 11.4 Å². The minimum Gasteiger partial charge on any atom is -0.350 e. The Balaban J connectivity index is 1.59. The highest BCUT2D eigenvalue weighted by Crippen LogP contribution is 2.37. The van der Waals surface area contributed by atoms with Crippen LogP contribution in [0, 0.1) is 5.82 Å². The molecule has 2 aromatic rings. The van der Waals surface area contributed by atoms with Crippen LogP contribution >= 0.6 is 0 Å². The summed E-state index contributed by atoms with van der Waals surface area (Å²) in [6.45, 7) is 1.32. The number of rotatable bonds is 6. The van der Waals surface area contributed by atoms with Gasteiger partial charge in [0.05, 0.1) is 11.4 Å². The summed E-state index contributed by atoms with van der Waals surface area (Å²) in [5.74, 6) is -1.20. The average molecular weight is 446 g/mol. The Kier molecular flexibility index (Phi) is 5.57. The quantitative estimate of drug-likeness (QED) is 0.736. The van der Waals surface area contributed by atoms with Crippen LogP contribution in [0.25, 0.3) is 0 Å². The average Bonchev–Trinajstić information content (AvgIpc) is 3.58. The van der Waals surface area contributed by atoms with Crippen LogP contribution in [-0.2, 0) is 26.2 Å². The van der Waals surface area contributed by atoms with Crippen molar-refractivity contribution in [2.45, 2.75) is 42.8 Å². The maximum Gasteiger partial charge on any atom is 0.247 e. The zero-order chi connectivity index (χ0) is 22.2. The van der Waals surface area contributed by atoms with Gasteiger partial charge in [-0.05, 0) is 49.6 Å². The summed E-state index contributed by atoms with van der Waals surface area (Å²) in [6.07, 6.45) is 1.58. The number of carbonyl (C=O) groups is 2. The number of piperazine rings is 1. The lowest BCUT2D eigenvalue weighted by atomic mass is 9.95. The molecule has 2 aromatic carbocycles. The molecule has 1 saturated carbocycles. The Labute approximate surface area is 180 Å². The van der Waals surface area contributed by atoms with Gasteiger partial charge in [0, 0.05) is 19.1 Å². The molecule has 0 spiro atoms. The molecule has 1 aliphatic heterocycles. The zero-order valence-electron chi connectivity index (χ0n) is 17.1. The van der Waals surface area contributed by atoms with Crippen molar-refractivity contribution in [1.29, 1.82) is 0 Å². The van der Waals surface area contributed by atoms with E-state index in [1.165, 1.54) is 24.3 Å². The van der Waals surface area contributed by atoms with Gasteiger partial charge in [0.2, 0.25) is 21.8 Å². The van der Waals surface area contributed by atoms with E-state index in [0.717, 1.165) is 17.1 Å². The number of hydrogen-bond donors (Lipinski definition) is 1. The van der Waals surface area contributed by atoms with Crippen LogP contribution in [0.15, 0.2) is 59.5 Å². The summed E-state index contributed by atoms with van der Waals surface area (Å²) in [7, 11) is -3.94. The molecule has 1 heterocycles. The second kappa shape index (κ2) is 8.05. The molecule has 31 heavy (non-hydrogen) atoms. The first kappa shape index (κ1) is 21.5. The van der Waals surface area contributed by atoms with Crippen molar-refractivity contribution in [3.05, 3.63) is 66.0 Å². The molecule has 0 unspecified atom stereocenters. The molecular weight excluding hydrogens is 421 g/mol. The third-order valence-corrected chi connectivity index (χ3v) is 7.55. The minimum absolute atomic E-state index is 0.0596. The molecule has 0 aromatic heterocycles. The predicted molar refractivity (Wildman–Crippen MR) is 112 cm³/mol. The second-order valence-electron chi connectivity index (χ2n) is 8.16. The van der Waals surface area contributed by atoms with Crippen LogP contribution < -0.4 is 5.32 Å². The molecule has 1 atom stereocenters. The first-order valence-corrected chi connectivity index (χ1v) is 11.6. The molecule has 2 fully saturated rings. The van der Waals surface area contributed by atoms with Crippen molar-refractivity contribution in [3.8, 4) is 0 Å². The summed E-state index contributed by atoms with van der Waals surface area (Å²) in [4.78, 5) is 27.9. The number of halogens is 1. The lowest BCUT2D eigenvalue weighted by molar-refractivity contribution is -0.153. The lowest BCUT2D eigenvalue weighted by Gasteiger charge is -2.47. The Morgan fingerprint density at radius 3 is 2.39 bits per heavy atom. The van der Waals surface area contributed by atoms with Crippen LogP contribution in [0.2, 0.25) is 0 Å². The van der Waals surface area contributed by atoms with Crippen molar-refractivity contribution in [2.24, 2.45) is 0 Å². The number of nitrogens with zero attached hydrogens (tertiary/aromatic N) is 2. The fraction of sp³-hybridized carbons (Fsp3) is 0.364. The summed E-state index contributed by atoms with van der Waals surface area (Å²) < 4.78 is 40.5. The third-order valence-electron chi connectivity index (χ3n) is 5.74. The summed E-state index contributed by atoms with van der Waals surface area (Å²) in [5.41, 5.74) is -0.648. The van der Waals surface area contributed by atoms with E-state index < -0.39 is 21.5 Å². The van der Waals surface area contributed by atoms with Gasteiger partial charge < -0.3 is 10.2 Å². The Morgan fingerprint density at radius 2 is 1.77 bits per heavy atom. The minimum atomic E-state index is -3.94. The molecule has 1 saturated heterocycles. The lowest BCUT2D eigenvalue weighted by Crippen LogP contribution is -2.70. The van der Waals surface area contributed by atoms with E-state index >= 15 is 0 Å². The van der Waals surface area contributed by atoms with Gasteiger partial charge in [-0.2, -0.15) is 4.31 Å².